The molecule has 2 fully saturated rings. The zero-order chi connectivity index (χ0) is 21.1. The number of halogens is 1. The zero-order valence-electron chi connectivity index (χ0n) is 16.5. The average Bonchev–Trinajstić information content (AvgIpc) is 3.37. The Hall–Kier alpha value is -2.42. The van der Waals surface area contributed by atoms with E-state index >= 15 is 0 Å². The third-order valence-corrected chi connectivity index (χ3v) is 6.72. The van der Waals surface area contributed by atoms with Gasteiger partial charge in [0.2, 0.25) is 5.78 Å². The van der Waals surface area contributed by atoms with Crippen LogP contribution in [0.2, 0.25) is 0 Å². The molecule has 0 radical (unpaired) electrons. The maximum atomic E-state index is 13.3. The highest BCUT2D eigenvalue weighted by Gasteiger charge is 2.51. The fraction of sp³-hybridized carbons (Fsp3) is 0.409. The first-order valence-corrected chi connectivity index (χ1v) is 11.0. The summed E-state index contributed by atoms with van der Waals surface area (Å²) >= 11 is 1.43. The number of thiophene rings is 1. The van der Waals surface area contributed by atoms with Crippen molar-refractivity contribution >= 4 is 28.8 Å². The van der Waals surface area contributed by atoms with Gasteiger partial charge in [0.25, 0.3) is 5.91 Å². The molecule has 2 atom stereocenters. The second kappa shape index (κ2) is 9.16. The normalized spacial score (nSPS) is 22.6. The van der Waals surface area contributed by atoms with Gasteiger partial charge in [-0.15, -0.1) is 11.3 Å². The highest BCUT2D eigenvalue weighted by atomic mass is 32.1. The second-order valence-electron chi connectivity index (χ2n) is 7.64. The minimum absolute atomic E-state index is 0.240. The summed E-state index contributed by atoms with van der Waals surface area (Å²) in [6, 6.07) is 8.21. The van der Waals surface area contributed by atoms with Crippen LogP contribution in [0.4, 0.5) is 4.39 Å². The van der Waals surface area contributed by atoms with E-state index < -0.39 is 35.3 Å². The number of carbonyl (C=O) groups is 3. The van der Waals surface area contributed by atoms with E-state index in [2.05, 4.69) is 0 Å². The molecule has 0 spiro atoms. The van der Waals surface area contributed by atoms with E-state index in [1.54, 1.807) is 4.90 Å². The van der Waals surface area contributed by atoms with Crippen LogP contribution in [0.3, 0.4) is 0 Å². The van der Waals surface area contributed by atoms with Crippen molar-refractivity contribution in [2.75, 3.05) is 39.4 Å². The molecule has 2 saturated heterocycles. The highest BCUT2D eigenvalue weighted by molar-refractivity contribution is 7.10. The minimum atomic E-state index is -1.10. The van der Waals surface area contributed by atoms with Gasteiger partial charge in [-0.2, -0.15) is 0 Å². The molecule has 1 amide bonds. The number of ketones is 2. The fourth-order valence-corrected chi connectivity index (χ4v) is 5.08. The van der Waals surface area contributed by atoms with Gasteiger partial charge in [0, 0.05) is 23.4 Å². The third kappa shape index (κ3) is 4.21. The summed E-state index contributed by atoms with van der Waals surface area (Å²) in [7, 11) is 0. The summed E-state index contributed by atoms with van der Waals surface area (Å²) < 4.78 is 18.6. The second-order valence-corrected chi connectivity index (χ2v) is 8.62. The molecular weight excluding hydrogens is 407 g/mol. The lowest BCUT2D eigenvalue weighted by Gasteiger charge is -2.28. The number of amides is 1. The van der Waals surface area contributed by atoms with E-state index in [-0.39, 0.29) is 5.56 Å². The molecule has 1 aromatic carbocycles. The summed E-state index contributed by atoms with van der Waals surface area (Å²) in [5.74, 6) is -3.28. The van der Waals surface area contributed by atoms with Crippen LogP contribution in [0.15, 0.2) is 41.8 Å². The van der Waals surface area contributed by atoms with E-state index in [9.17, 15) is 18.8 Å². The lowest BCUT2D eigenvalue weighted by molar-refractivity contribution is -0.908. The fourth-order valence-electron chi connectivity index (χ4n) is 4.21. The SMILES string of the molecule is O=C1C(=O)N(CCC[NH+]2CCOCC2)C(c2cccs2)C1C(=O)c1ccc(F)cc1. The molecule has 2 aliphatic heterocycles. The van der Waals surface area contributed by atoms with E-state index in [0.29, 0.717) is 6.54 Å². The Morgan fingerprint density at radius 3 is 2.57 bits per heavy atom. The van der Waals surface area contributed by atoms with Crippen molar-refractivity contribution in [3.8, 4) is 0 Å². The van der Waals surface area contributed by atoms with Crippen molar-refractivity contribution in [2.45, 2.75) is 12.5 Å². The lowest BCUT2D eigenvalue weighted by Crippen LogP contribution is -3.14. The standard InChI is InChI=1S/C22H23FN2O4S/c23-16-6-4-15(5-7-16)20(26)18-19(17-3-1-14-30-17)25(22(28)21(18)27)9-2-8-24-10-12-29-13-11-24/h1,3-7,14,18-19H,2,8-13H2/p+1. The zero-order valence-corrected chi connectivity index (χ0v) is 17.3. The van der Waals surface area contributed by atoms with Crippen molar-refractivity contribution in [1.29, 1.82) is 0 Å². The van der Waals surface area contributed by atoms with Crippen LogP contribution in [0, 0.1) is 11.7 Å². The lowest BCUT2D eigenvalue weighted by atomic mass is 9.89. The highest BCUT2D eigenvalue weighted by Crippen LogP contribution is 2.40. The van der Waals surface area contributed by atoms with Crippen LogP contribution in [0.25, 0.3) is 0 Å². The Labute approximate surface area is 178 Å². The Balaban J connectivity index is 1.55. The Bertz CT molecular complexity index is 910. The number of nitrogens with one attached hydrogen (secondary N) is 1. The first-order chi connectivity index (χ1) is 14.6. The van der Waals surface area contributed by atoms with Gasteiger partial charge in [-0.3, -0.25) is 14.4 Å². The number of quaternary nitrogens is 1. The number of likely N-dealkylation sites (tertiary alicyclic amines) is 1. The molecule has 158 valence electrons. The van der Waals surface area contributed by atoms with Gasteiger partial charge in [0.05, 0.1) is 25.8 Å². The summed E-state index contributed by atoms with van der Waals surface area (Å²) in [6.07, 6.45) is 0.744. The molecule has 30 heavy (non-hydrogen) atoms. The van der Waals surface area contributed by atoms with Gasteiger partial charge in [-0.1, -0.05) is 6.07 Å². The smallest absolute Gasteiger partial charge is 0.291 e. The summed E-state index contributed by atoms with van der Waals surface area (Å²) in [5.41, 5.74) is 0.240. The van der Waals surface area contributed by atoms with Gasteiger partial charge in [-0.25, -0.2) is 4.39 Å². The van der Waals surface area contributed by atoms with Crippen LogP contribution < -0.4 is 4.90 Å². The van der Waals surface area contributed by atoms with E-state index in [4.69, 9.17) is 4.74 Å². The molecule has 1 aromatic heterocycles. The number of carbonyl (C=O) groups excluding carboxylic acids is 3. The van der Waals surface area contributed by atoms with Crippen LogP contribution >= 0.6 is 11.3 Å². The van der Waals surface area contributed by atoms with Crippen molar-refractivity contribution < 1.29 is 28.4 Å². The number of benzene rings is 1. The maximum absolute atomic E-state index is 13.3. The summed E-state index contributed by atoms with van der Waals surface area (Å²) in [6.45, 7) is 4.66. The monoisotopic (exact) mass is 431 g/mol. The Morgan fingerprint density at radius 2 is 1.90 bits per heavy atom. The largest absolute Gasteiger partial charge is 0.370 e. The molecule has 1 N–H and O–H groups in total. The Morgan fingerprint density at radius 1 is 1.17 bits per heavy atom. The van der Waals surface area contributed by atoms with Gasteiger partial charge in [0.1, 0.15) is 24.8 Å². The summed E-state index contributed by atoms with van der Waals surface area (Å²) in [4.78, 5) is 42.6. The van der Waals surface area contributed by atoms with Crippen LogP contribution in [0.1, 0.15) is 27.7 Å². The topological polar surface area (TPSA) is 68.1 Å². The Kier molecular flexibility index (Phi) is 6.36. The molecule has 0 saturated carbocycles. The molecule has 2 aromatic rings. The first-order valence-electron chi connectivity index (χ1n) is 10.2. The van der Waals surface area contributed by atoms with Gasteiger partial charge >= 0.3 is 0 Å². The van der Waals surface area contributed by atoms with Crippen LogP contribution in [0.5, 0.6) is 0 Å². The quantitative estimate of drug-likeness (QED) is 0.406. The molecule has 2 aliphatic rings. The predicted octanol–water partition coefficient (Wildman–Crippen LogP) is 1.14. The molecule has 0 bridgehead atoms. The van der Waals surface area contributed by atoms with Crippen molar-refractivity contribution in [3.05, 3.63) is 58.0 Å². The van der Waals surface area contributed by atoms with E-state index in [0.717, 1.165) is 44.1 Å². The van der Waals surface area contributed by atoms with Gasteiger partial charge in [-0.05, 0) is 35.7 Å². The van der Waals surface area contributed by atoms with Crippen molar-refractivity contribution in [3.63, 3.8) is 0 Å². The maximum Gasteiger partial charge on any atom is 0.291 e. The number of nitrogens with zero attached hydrogens (tertiary/aromatic N) is 1. The number of hydrogen-bond acceptors (Lipinski definition) is 5. The predicted molar refractivity (Wildman–Crippen MR) is 109 cm³/mol. The third-order valence-electron chi connectivity index (χ3n) is 5.78. The summed E-state index contributed by atoms with van der Waals surface area (Å²) in [5, 5.41) is 1.87. The molecule has 0 aliphatic carbocycles. The van der Waals surface area contributed by atoms with Crippen molar-refractivity contribution in [1.82, 2.24) is 4.90 Å². The van der Waals surface area contributed by atoms with Gasteiger partial charge < -0.3 is 14.5 Å². The van der Waals surface area contributed by atoms with Crippen LogP contribution in [-0.2, 0) is 14.3 Å². The number of morpholine rings is 1. The molecule has 6 nitrogen and oxygen atoms in total. The van der Waals surface area contributed by atoms with Crippen molar-refractivity contribution in [2.24, 2.45) is 5.92 Å². The van der Waals surface area contributed by atoms with E-state index in [1.165, 1.54) is 40.5 Å². The van der Waals surface area contributed by atoms with Gasteiger partial charge in [0.15, 0.2) is 5.78 Å². The number of Topliss-reactive ketones (excluding diaryl/α,β-unsaturated/α-hetero) is 2. The molecule has 8 heteroatoms. The molecule has 4 rings (SSSR count). The number of hydrogen-bond donors (Lipinski definition) is 1. The number of rotatable bonds is 7. The van der Waals surface area contributed by atoms with E-state index in [1.807, 2.05) is 17.5 Å². The average molecular weight is 432 g/mol. The molecule has 2 unspecified atom stereocenters. The van der Waals surface area contributed by atoms with Crippen LogP contribution in [-0.4, -0.2) is 61.8 Å². The minimum Gasteiger partial charge on any atom is -0.370 e. The molecular formula is C22H24FN2O4S+. The molecule has 3 heterocycles. The number of ether oxygens (including phenoxy) is 1. The first kappa shape index (κ1) is 20.8.